The molecule has 3 heterocycles. The van der Waals surface area contributed by atoms with E-state index in [0.717, 1.165) is 73.2 Å². The Bertz CT molecular complexity index is 1280. The fraction of sp³-hybridized carbons (Fsp3) is 0.321. The maximum atomic E-state index is 6.40. The number of fused-ring (bicyclic) bond motifs is 1. The standard InChI is InChI=1S/C28H31ClN4O/c1-31-11-13-32(14-12-31)9-4-10-33-20-27(26-8-7-24(29)17-28(26)33)23-15-22(18-30-19-23)21-5-3-6-25(16-21)34-2/h3,5-8,15-20H,4,9-14H2,1-2H3. The Balaban J connectivity index is 1.42. The van der Waals surface area contributed by atoms with Gasteiger partial charge in [-0.25, -0.2) is 0 Å². The summed E-state index contributed by atoms with van der Waals surface area (Å²) in [4.78, 5) is 9.54. The Labute approximate surface area is 206 Å². The summed E-state index contributed by atoms with van der Waals surface area (Å²) in [5.74, 6) is 0.842. The number of aromatic nitrogens is 2. The smallest absolute Gasteiger partial charge is 0.119 e. The van der Waals surface area contributed by atoms with Crippen molar-refractivity contribution in [2.24, 2.45) is 0 Å². The van der Waals surface area contributed by atoms with E-state index in [1.54, 1.807) is 7.11 Å². The van der Waals surface area contributed by atoms with E-state index >= 15 is 0 Å². The highest BCUT2D eigenvalue weighted by Gasteiger charge is 2.15. The van der Waals surface area contributed by atoms with Crippen LogP contribution in [-0.4, -0.2) is 66.2 Å². The minimum Gasteiger partial charge on any atom is -0.497 e. The van der Waals surface area contributed by atoms with Gasteiger partial charge in [-0.3, -0.25) is 4.98 Å². The molecule has 34 heavy (non-hydrogen) atoms. The lowest BCUT2D eigenvalue weighted by molar-refractivity contribution is 0.151. The van der Waals surface area contributed by atoms with Crippen LogP contribution in [0, 0.1) is 0 Å². The number of hydrogen-bond acceptors (Lipinski definition) is 4. The predicted molar refractivity (Wildman–Crippen MR) is 141 cm³/mol. The van der Waals surface area contributed by atoms with Crippen molar-refractivity contribution < 1.29 is 4.74 Å². The number of pyridine rings is 1. The van der Waals surface area contributed by atoms with Gasteiger partial charge in [-0.05, 0) is 55.9 Å². The van der Waals surface area contributed by atoms with Crippen molar-refractivity contribution in [3.8, 4) is 28.0 Å². The van der Waals surface area contributed by atoms with Gasteiger partial charge < -0.3 is 19.1 Å². The van der Waals surface area contributed by atoms with Crippen molar-refractivity contribution in [3.05, 3.63) is 72.1 Å². The van der Waals surface area contributed by atoms with Gasteiger partial charge in [0, 0.05) is 78.4 Å². The van der Waals surface area contributed by atoms with Crippen molar-refractivity contribution in [1.82, 2.24) is 19.4 Å². The number of hydrogen-bond donors (Lipinski definition) is 0. The lowest BCUT2D eigenvalue weighted by Gasteiger charge is -2.32. The van der Waals surface area contributed by atoms with E-state index in [4.69, 9.17) is 16.3 Å². The quantitative estimate of drug-likeness (QED) is 0.345. The molecule has 1 fully saturated rings. The summed E-state index contributed by atoms with van der Waals surface area (Å²) in [7, 11) is 3.89. The maximum Gasteiger partial charge on any atom is 0.119 e. The Kier molecular flexibility index (Phi) is 6.86. The molecule has 1 aliphatic heterocycles. The van der Waals surface area contributed by atoms with Gasteiger partial charge in [0.15, 0.2) is 0 Å². The number of rotatable bonds is 7. The summed E-state index contributed by atoms with van der Waals surface area (Å²) in [6.07, 6.45) is 7.23. The van der Waals surface area contributed by atoms with E-state index in [1.165, 1.54) is 16.5 Å². The molecule has 0 spiro atoms. The third kappa shape index (κ3) is 4.97. The first-order chi connectivity index (χ1) is 16.6. The van der Waals surface area contributed by atoms with Gasteiger partial charge in [0.1, 0.15) is 5.75 Å². The Hall–Kier alpha value is -2.86. The minimum absolute atomic E-state index is 0.765. The zero-order valence-electron chi connectivity index (χ0n) is 19.9. The lowest BCUT2D eigenvalue weighted by Crippen LogP contribution is -2.44. The summed E-state index contributed by atoms with van der Waals surface area (Å²) < 4.78 is 7.76. The van der Waals surface area contributed by atoms with Gasteiger partial charge >= 0.3 is 0 Å². The predicted octanol–water partition coefficient (Wildman–Crippen LogP) is 5.67. The normalized spacial score (nSPS) is 15.1. The number of benzene rings is 2. The van der Waals surface area contributed by atoms with Crippen LogP contribution in [-0.2, 0) is 6.54 Å². The summed E-state index contributed by atoms with van der Waals surface area (Å²) >= 11 is 6.40. The number of piperazine rings is 1. The highest BCUT2D eigenvalue weighted by atomic mass is 35.5. The first kappa shape index (κ1) is 22.9. The van der Waals surface area contributed by atoms with E-state index in [-0.39, 0.29) is 0 Å². The van der Waals surface area contributed by atoms with Crippen LogP contribution in [0.3, 0.4) is 0 Å². The second-order valence-electron chi connectivity index (χ2n) is 9.09. The van der Waals surface area contributed by atoms with Gasteiger partial charge in [0.05, 0.1) is 12.6 Å². The van der Waals surface area contributed by atoms with E-state index in [2.05, 4.69) is 56.9 Å². The average Bonchev–Trinajstić information content (AvgIpc) is 3.23. The van der Waals surface area contributed by atoms with E-state index in [9.17, 15) is 0 Å². The number of ether oxygens (including phenoxy) is 1. The second kappa shape index (κ2) is 10.2. The highest BCUT2D eigenvalue weighted by molar-refractivity contribution is 6.31. The van der Waals surface area contributed by atoms with Crippen LogP contribution in [0.4, 0.5) is 0 Å². The van der Waals surface area contributed by atoms with Crippen LogP contribution in [0.15, 0.2) is 67.1 Å². The molecular formula is C28H31ClN4O. The van der Waals surface area contributed by atoms with Crippen LogP contribution in [0.2, 0.25) is 5.02 Å². The van der Waals surface area contributed by atoms with Crippen LogP contribution in [0.5, 0.6) is 5.75 Å². The first-order valence-electron chi connectivity index (χ1n) is 11.9. The zero-order chi connectivity index (χ0) is 23.5. The fourth-order valence-electron chi connectivity index (χ4n) is 4.76. The van der Waals surface area contributed by atoms with Crippen molar-refractivity contribution in [1.29, 1.82) is 0 Å². The van der Waals surface area contributed by atoms with Crippen LogP contribution in [0.25, 0.3) is 33.2 Å². The monoisotopic (exact) mass is 474 g/mol. The number of likely N-dealkylation sites (N-methyl/N-ethyl adjacent to an activating group) is 1. The van der Waals surface area contributed by atoms with E-state index in [0.29, 0.717) is 0 Å². The van der Waals surface area contributed by atoms with Gasteiger partial charge in [-0.2, -0.15) is 0 Å². The van der Waals surface area contributed by atoms with Gasteiger partial charge in [0.25, 0.3) is 0 Å². The molecule has 0 bridgehead atoms. The fourth-order valence-corrected chi connectivity index (χ4v) is 4.93. The molecule has 5 nitrogen and oxygen atoms in total. The van der Waals surface area contributed by atoms with Crippen molar-refractivity contribution in [2.45, 2.75) is 13.0 Å². The second-order valence-corrected chi connectivity index (χ2v) is 9.53. The molecule has 2 aromatic heterocycles. The third-order valence-electron chi connectivity index (χ3n) is 6.77. The zero-order valence-corrected chi connectivity index (χ0v) is 20.6. The number of nitrogens with zero attached hydrogens (tertiary/aromatic N) is 4. The SMILES string of the molecule is COc1cccc(-c2cncc(-c3cn(CCCN4CCN(C)CC4)c4cc(Cl)ccc34)c2)c1. The first-order valence-corrected chi connectivity index (χ1v) is 12.3. The van der Waals surface area contributed by atoms with Crippen molar-refractivity contribution >= 4 is 22.5 Å². The molecule has 0 radical (unpaired) electrons. The molecule has 0 atom stereocenters. The Morgan fingerprint density at radius 2 is 1.74 bits per heavy atom. The Morgan fingerprint density at radius 3 is 2.56 bits per heavy atom. The van der Waals surface area contributed by atoms with Crippen molar-refractivity contribution in [2.75, 3.05) is 46.9 Å². The number of aryl methyl sites for hydroxylation is 1. The molecular weight excluding hydrogens is 444 g/mol. The van der Waals surface area contributed by atoms with Gasteiger partial charge in [-0.1, -0.05) is 29.8 Å². The minimum atomic E-state index is 0.765. The summed E-state index contributed by atoms with van der Waals surface area (Å²) in [5.41, 5.74) is 5.62. The summed E-state index contributed by atoms with van der Waals surface area (Å²) in [5, 5.41) is 1.97. The molecule has 1 aliphatic rings. The molecule has 0 N–H and O–H groups in total. The van der Waals surface area contributed by atoms with Crippen LogP contribution >= 0.6 is 11.6 Å². The van der Waals surface area contributed by atoms with Gasteiger partial charge in [-0.15, -0.1) is 0 Å². The Morgan fingerprint density at radius 1 is 0.912 bits per heavy atom. The molecule has 0 amide bonds. The molecule has 5 rings (SSSR count). The molecule has 0 unspecified atom stereocenters. The summed E-state index contributed by atoms with van der Waals surface area (Å²) in [6.45, 7) is 6.71. The molecule has 176 valence electrons. The van der Waals surface area contributed by atoms with E-state index < -0.39 is 0 Å². The molecule has 6 heteroatoms. The lowest BCUT2D eigenvalue weighted by atomic mass is 10.0. The third-order valence-corrected chi connectivity index (χ3v) is 7.00. The number of halogens is 1. The van der Waals surface area contributed by atoms with Gasteiger partial charge in [0.2, 0.25) is 0 Å². The topological polar surface area (TPSA) is 33.5 Å². The summed E-state index contributed by atoms with van der Waals surface area (Å²) in [6, 6.07) is 16.5. The van der Waals surface area contributed by atoms with Crippen LogP contribution < -0.4 is 4.74 Å². The maximum absolute atomic E-state index is 6.40. The van der Waals surface area contributed by atoms with Crippen LogP contribution in [0.1, 0.15) is 6.42 Å². The molecule has 1 saturated heterocycles. The average molecular weight is 475 g/mol. The molecule has 4 aromatic rings. The largest absolute Gasteiger partial charge is 0.497 e. The molecule has 0 saturated carbocycles. The molecule has 2 aromatic carbocycles. The molecule has 0 aliphatic carbocycles. The van der Waals surface area contributed by atoms with Crippen molar-refractivity contribution in [3.63, 3.8) is 0 Å². The van der Waals surface area contributed by atoms with E-state index in [1.807, 2.05) is 36.7 Å². The highest BCUT2D eigenvalue weighted by Crippen LogP contribution is 2.34. The number of methoxy groups -OCH3 is 1.